The van der Waals surface area contributed by atoms with E-state index in [9.17, 15) is 0 Å². The molecule has 1 aromatic heterocycles. The highest BCUT2D eigenvalue weighted by atomic mass is 79.9. The minimum Gasteiger partial charge on any atom is -0.303 e. The normalized spacial score (nSPS) is 14.3. The van der Waals surface area contributed by atoms with Gasteiger partial charge in [-0.05, 0) is 58.4 Å². The Bertz CT molecular complexity index is 523. The Labute approximate surface area is 132 Å². The van der Waals surface area contributed by atoms with Crippen molar-refractivity contribution in [3.63, 3.8) is 0 Å². The second-order valence-corrected chi connectivity index (χ2v) is 6.77. The van der Waals surface area contributed by atoms with Gasteiger partial charge in [-0.25, -0.2) is 0 Å². The highest BCUT2D eigenvalue weighted by Crippen LogP contribution is 2.31. The van der Waals surface area contributed by atoms with Crippen LogP contribution in [0.2, 0.25) is 5.02 Å². The first kappa shape index (κ1) is 15.0. The van der Waals surface area contributed by atoms with Crippen LogP contribution in [-0.4, -0.2) is 0 Å². The van der Waals surface area contributed by atoms with Gasteiger partial charge in [0.1, 0.15) is 0 Å². The molecule has 4 heteroatoms. The molecule has 1 aromatic carbocycles. The topological polar surface area (TPSA) is 12.0 Å². The van der Waals surface area contributed by atoms with Crippen molar-refractivity contribution >= 4 is 38.9 Å². The molecule has 2 unspecified atom stereocenters. The first-order chi connectivity index (χ1) is 9.11. The van der Waals surface area contributed by atoms with Crippen LogP contribution >= 0.6 is 38.9 Å². The molecular weight excluding hydrogens is 342 g/mol. The Balaban J connectivity index is 2.11. The zero-order valence-electron chi connectivity index (χ0n) is 11.0. The van der Waals surface area contributed by atoms with E-state index in [2.05, 4.69) is 58.7 Å². The molecular formula is C15H17BrClNS. The van der Waals surface area contributed by atoms with Crippen LogP contribution in [0.4, 0.5) is 0 Å². The van der Waals surface area contributed by atoms with Gasteiger partial charge in [0, 0.05) is 26.5 Å². The molecule has 0 spiro atoms. The summed E-state index contributed by atoms with van der Waals surface area (Å²) in [6.07, 6.45) is 1.05. The fourth-order valence-corrected chi connectivity index (χ4v) is 4.00. The van der Waals surface area contributed by atoms with Gasteiger partial charge >= 0.3 is 0 Å². The van der Waals surface area contributed by atoms with E-state index in [1.807, 2.05) is 12.1 Å². The summed E-state index contributed by atoms with van der Waals surface area (Å²) >= 11 is 11.3. The summed E-state index contributed by atoms with van der Waals surface area (Å²) in [6, 6.07) is 10.9. The lowest BCUT2D eigenvalue weighted by atomic mass is 10.0. The molecule has 0 saturated heterocycles. The predicted molar refractivity (Wildman–Crippen MR) is 88.1 cm³/mol. The highest BCUT2D eigenvalue weighted by molar-refractivity contribution is 9.10. The summed E-state index contributed by atoms with van der Waals surface area (Å²) in [7, 11) is 0. The molecule has 0 radical (unpaired) electrons. The summed E-state index contributed by atoms with van der Waals surface area (Å²) in [5.74, 6) is 0. The zero-order valence-corrected chi connectivity index (χ0v) is 14.1. The van der Waals surface area contributed by atoms with Crippen LogP contribution in [0, 0.1) is 0 Å². The minimum atomic E-state index is 0.329. The molecule has 19 heavy (non-hydrogen) atoms. The lowest BCUT2D eigenvalue weighted by molar-refractivity contribution is 0.460. The van der Waals surface area contributed by atoms with E-state index >= 15 is 0 Å². The van der Waals surface area contributed by atoms with E-state index in [0.717, 1.165) is 11.4 Å². The van der Waals surface area contributed by atoms with E-state index in [1.54, 1.807) is 11.3 Å². The Morgan fingerprint density at radius 2 is 1.95 bits per heavy atom. The van der Waals surface area contributed by atoms with Gasteiger partial charge in [-0.2, -0.15) is 0 Å². The van der Waals surface area contributed by atoms with Crippen molar-refractivity contribution in [1.29, 1.82) is 0 Å². The van der Waals surface area contributed by atoms with E-state index in [1.165, 1.54) is 14.9 Å². The first-order valence-electron chi connectivity index (χ1n) is 6.36. The molecule has 1 heterocycles. The van der Waals surface area contributed by atoms with Crippen molar-refractivity contribution < 1.29 is 0 Å². The number of rotatable bonds is 5. The average molecular weight is 359 g/mol. The van der Waals surface area contributed by atoms with Crippen LogP contribution in [0.15, 0.2) is 40.2 Å². The van der Waals surface area contributed by atoms with Crippen molar-refractivity contribution in [2.24, 2.45) is 0 Å². The third-order valence-electron chi connectivity index (χ3n) is 3.17. The first-order valence-corrected chi connectivity index (χ1v) is 8.41. The molecule has 0 aliphatic carbocycles. The monoisotopic (exact) mass is 357 g/mol. The van der Waals surface area contributed by atoms with Gasteiger partial charge in [0.15, 0.2) is 0 Å². The van der Waals surface area contributed by atoms with E-state index < -0.39 is 0 Å². The fraction of sp³-hybridized carbons (Fsp3) is 0.333. The number of nitrogens with one attached hydrogen (secondary N) is 1. The Morgan fingerprint density at radius 1 is 1.26 bits per heavy atom. The smallest absolute Gasteiger partial charge is 0.0406 e. The molecule has 2 aromatic rings. The van der Waals surface area contributed by atoms with Gasteiger partial charge in [-0.15, -0.1) is 11.3 Å². The second-order valence-electron chi connectivity index (χ2n) is 4.53. The molecule has 1 nitrogen and oxygen atoms in total. The van der Waals surface area contributed by atoms with Gasteiger partial charge in [-0.3, -0.25) is 0 Å². The van der Waals surface area contributed by atoms with E-state index in [-0.39, 0.29) is 0 Å². The molecule has 2 rings (SSSR count). The van der Waals surface area contributed by atoms with Crippen molar-refractivity contribution in [3.05, 3.63) is 55.6 Å². The largest absolute Gasteiger partial charge is 0.303 e. The Kier molecular flexibility index (Phi) is 5.46. The lowest BCUT2D eigenvalue weighted by Gasteiger charge is -2.22. The Hall–Kier alpha value is -0.350. The maximum atomic E-state index is 5.94. The molecule has 0 aliphatic heterocycles. The van der Waals surface area contributed by atoms with Crippen LogP contribution in [0.5, 0.6) is 0 Å². The van der Waals surface area contributed by atoms with Crippen molar-refractivity contribution in [2.45, 2.75) is 32.4 Å². The van der Waals surface area contributed by atoms with Crippen molar-refractivity contribution in [2.75, 3.05) is 0 Å². The summed E-state index contributed by atoms with van der Waals surface area (Å²) in [5, 5.41) is 6.58. The van der Waals surface area contributed by atoms with Crippen LogP contribution in [0.1, 0.15) is 42.8 Å². The minimum absolute atomic E-state index is 0.329. The molecule has 102 valence electrons. The quantitative estimate of drug-likeness (QED) is 0.694. The lowest BCUT2D eigenvalue weighted by Crippen LogP contribution is -2.23. The molecule has 0 saturated carbocycles. The third-order valence-corrected chi connectivity index (χ3v) is 5.48. The molecule has 1 N–H and O–H groups in total. The Morgan fingerprint density at radius 3 is 2.47 bits per heavy atom. The number of benzene rings is 1. The predicted octanol–water partition coefficient (Wildman–Crippen LogP) is 5.97. The molecule has 0 bridgehead atoms. The van der Waals surface area contributed by atoms with Crippen LogP contribution in [-0.2, 0) is 0 Å². The molecule has 0 amide bonds. The number of thiophene rings is 1. The van der Waals surface area contributed by atoms with Gasteiger partial charge in [-0.1, -0.05) is 30.7 Å². The highest BCUT2D eigenvalue weighted by Gasteiger charge is 2.16. The third kappa shape index (κ3) is 3.82. The van der Waals surface area contributed by atoms with Gasteiger partial charge in [0.25, 0.3) is 0 Å². The van der Waals surface area contributed by atoms with Gasteiger partial charge in [0.05, 0.1) is 0 Å². The number of hydrogen-bond acceptors (Lipinski definition) is 2. The van der Waals surface area contributed by atoms with Crippen LogP contribution < -0.4 is 5.32 Å². The van der Waals surface area contributed by atoms with Crippen LogP contribution in [0.25, 0.3) is 0 Å². The van der Waals surface area contributed by atoms with Crippen molar-refractivity contribution in [3.8, 4) is 0 Å². The summed E-state index contributed by atoms with van der Waals surface area (Å²) < 4.78 is 1.18. The number of halogens is 2. The maximum absolute atomic E-state index is 5.94. The summed E-state index contributed by atoms with van der Waals surface area (Å²) in [6.45, 7) is 4.40. The van der Waals surface area contributed by atoms with Crippen molar-refractivity contribution in [1.82, 2.24) is 5.32 Å². The van der Waals surface area contributed by atoms with Crippen LogP contribution in [0.3, 0.4) is 0 Å². The number of hydrogen-bond donors (Lipinski definition) is 1. The molecule has 2 atom stereocenters. The summed E-state index contributed by atoms with van der Waals surface area (Å²) in [4.78, 5) is 1.34. The summed E-state index contributed by atoms with van der Waals surface area (Å²) in [5.41, 5.74) is 1.28. The van der Waals surface area contributed by atoms with E-state index in [0.29, 0.717) is 12.1 Å². The standard InChI is InChI=1S/C15H17BrClNS/c1-3-14(11-4-6-12(17)7-5-11)18-10(2)15-13(16)8-9-19-15/h4-10,14,18H,3H2,1-2H3. The van der Waals surface area contributed by atoms with E-state index in [4.69, 9.17) is 11.6 Å². The molecule has 0 aliphatic rings. The maximum Gasteiger partial charge on any atom is 0.0406 e. The fourth-order valence-electron chi connectivity index (χ4n) is 2.14. The average Bonchev–Trinajstić information content (AvgIpc) is 2.83. The SMILES string of the molecule is CCC(NC(C)c1sccc1Br)c1ccc(Cl)cc1. The zero-order chi connectivity index (χ0) is 13.8. The molecule has 0 fully saturated rings. The van der Waals surface area contributed by atoms with Gasteiger partial charge in [0.2, 0.25) is 0 Å². The second kappa shape index (κ2) is 6.89. The van der Waals surface area contributed by atoms with Gasteiger partial charge < -0.3 is 5.32 Å².